The van der Waals surface area contributed by atoms with E-state index < -0.39 is 0 Å². The van der Waals surface area contributed by atoms with Crippen LogP contribution in [0.3, 0.4) is 0 Å². The zero-order valence-corrected chi connectivity index (χ0v) is 14.0. The Bertz CT molecular complexity index is 375. The Morgan fingerprint density at radius 1 is 1.00 bits per heavy atom. The summed E-state index contributed by atoms with van der Waals surface area (Å²) in [5, 5.41) is 3.59. The molecule has 0 unspecified atom stereocenters. The second kappa shape index (κ2) is 8.43. The molecule has 0 atom stereocenters. The summed E-state index contributed by atoms with van der Waals surface area (Å²) in [4.78, 5) is 2.47. The molecular formula is C18H32N2. The van der Waals surface area contributed by atoms with Crippen LogP contribution in [-0.2, 0) is 13.1 Å². The molecule has 0 aromatic heterocycles. The van der Waals surface area contributed by atoms with Gasteiger partial charge < -0.3 is 5.32 Å². The van der Waals surface area contributed by atoms with Crippen LogP contribution < -0.4 is 5.32 Å². The van der Waals surface area contributed by atoms with Gasteiger partial charge in [0.25, 0.3) is 0 Å². The molecule has 2 heteroatoms. The van der Waals surface area contributed by atoms with Gasteiger partial charge in [-0.2, -0.15) is 0 Å². The Labute approximate surface area is 125 Å². The summed E-state index contributed by atoms with van der Waals surface area (Å²) in [6.45, 7) is 16.7. The quantitative estimate of drug-likeness (QED) is 0.721. The van der Waals surface area contributed by atoms with Gasteiger partial charge in [0.05, 0.1) is 0 Å². The molecule has 1 N–H and O–H groups in total. The topological polar surface area (TPSA) is 15.3 Å². The minimum Gasteiger partial charge on any atom is -0.313 e. The first kappa shape index (κ1) is 17.2. The number of nitrogens with one attached hydrogen (secondary N) is 1. The Morgan fingerprint density at radius 3 is 2.15 bits per heavy atom. The van der Waals surface area contributed by atoms with E-state index in [1.165, 1.54) is 17.5 Å². The van der Waals surface area contributed by atoms with E-state index in [0.717, 1.165) is 32.7 Å². The lowest BCUT2D eigenvalue weighted by molar-refractivity contribution is 0.294. The van der Waals surface area contributed by atoms with Crippen LogP contribution >= 0.6 is 0 Å². The highest BCUT2D eigenvalue weighted by molar-refractivity contribution is 5.27. The summed E-state index contributed by atoms with van der Waals surface area (Å²) >= 11 is 0. The van der Waals surface area contributed by atoms with Crippen LogP contribution in [0.5, 0.6) is 0 Å². The number of nitrogens with zero attached hydrogens (tertiary/aromatic N) is 1. The van der Waals surface area contributed by atoms with Crippen molar-refractivity contribution >= 4 is 0 Å². The minimum atomic E-state index is 0.410. The predicted octanol–water partition coefficient (Wildman–Crippen LogP) is 4.05. The third kappa shape index (κ3) is 6.53. The number of rotatable bonds is 8. The van der Waals surface area contributed by atoms with Crippen LogP contribution in [0, 0.1) is 5.41 Å². The summed E-state index contributed by atoms with van der Waals surface area (Å²) in [6, 6.07) is 8.81. The van der Waals surface area contributed by atoms with Gasteiger partial charge in [0.1, 0.15) is 0 Å². The van der Waals surface area contributed by atoms with Crippen molar-refractivity contribution < 1.29 is 0 Å². The maximum atomic E-state index is 3.59. The lowest BCUT2D eigenvalue weighted by Crippen LogP contribution is -2.24. The number of hydrogen-bond donors (Lipinski definition) is 1. The van der Waals surface area contributed by atoms with E-state index >= 15 is 0 Å². The van der Waals surface area contributed by atoms with Crippen molar-refractivity contribution in [1.82, 2.24) is 10.2 Å². The third-order valence-corrected chi connectivity index (χ3v) is 3.77. The smallest absolute Gasteiger partial charge is 0.0236 e. The summed E-state index contributed by atoms with van der Waals surface area (Å²) in [5.41, 5.74) is 3.31. The van der Waals surface area contributed by atoms with Crippen molar-refractivity contribution in [1.29, 1.82) is 0 Å². The third-order valence-electron chi connectivity index (χ3n) is 3.77. The number of benzene rings is 1. The molecule has 0 saturated carbocycles. The summed E-state index contributed by atoms with van der Waals surface area (Å²) in [6.07, 6.45) is 1.21. The molecule has 0 aliphatic rings. The fourth-order valence-electron chi connectivity index (χ4n) is 2.26. The molecule has 0 fully saturated rings. The van der Waals surface area contributed by atoms with Crippen LogP contribution in [0.15, 0.2) is 24.3 Å². The molecule has 1 aromatic rings. The van der Waals surface area contributed by atoms with Crippen LogP contribution in [0.2, 0.25) is 0 Å². The highest BCUT2D eigenvalue weighted by atomic mass is 15.1. The van der Waals surface area contributed by atoms with Crippen LogP contribution in [0.25, 0.3) is 0 Å². The predicted molar refractivity (Wildman–Crippen MR) is 88.8 cm³/mol. The summed E-state index contributed by atoms with van der Waals surface area (Å²) in [5.74, 6) is 0. The van der Waals surface area contributed by atoms with E-state index in [0.29, 0.717) is 5.41 Å². The van der Waals surface area contributed by atoms with Crippen molar-refractivity contribution in [3.63, 3.8) is 0 Å². The van der Waals surface area contributed by atoms with Gasteiger partial charge in [0, 0.05) is 13.1 Å². The maximum Gasteiger partial charge on any atom is 0.0236 e. The molecule has 114 valence electrons. The molecule has 1 aromatic carbocycles. The first-order valence-electron chi connectivity index (χ1n) is 7.96. The van der Waals surface area contributed by atoms with Crippen LogP contribution in [0.1, 0.15) is 52.2 Å². The van der Waals surface area contributed by atoms with Gasteiger partial charge in [-0.3, -0.25) is 4.90 Å². The standard InChI is InChI=1S/C18H32N2/c1-6-20(7-2)15-17-11-9-8-10-16(17)14-19-13-12-18(3,4)5/h8-11,19H,6-7,12-15H2,1-5H3. The zero-order valence-electron chi connectivity index (χ0n) is 14.0. The Balaban J connectivity index is 2.53. The lowest BCUT2D eigenvalue weighted by atomic mass is 9.92. The van der Waals surface area contributed by atoms with Gasteiger partial charge >= 0.3 is 0 Å². The summed E-state index contributed by atoms with van der Waals surface area (Å²) < 4.78 is 0. The van der Waals surface area contributed by atoms with Crippen molar-refractivity contribution in [3.05, 3.63) is 35.4 Å². The molecule has 0 aliphatic heterocycles. The Kier molecular flexibility index (Phi) is 7.25. The van der Waals surface area contributed by atoms with Crippen molar-refractivity contribution in [2.75, 3.05) is 19.6 Å². The molecule has 0 aliphatic carbocycles. The highest BCUT2D eigenvalue weighted by Gasteiger charge is 2.09. The Morgan fingerprint density at radius 2 is 1.60 bits per heavy atom. The molecule has 0 saturated heterocycles. The maximum absolute atomic E-state index is 3.59. The fourth-order valence-corrected chi connectivity index (χ4v) is 2.26. The van der Waals surface area contributed by atoms with E-state index in [2.05, 4.69) is 69.1 Å². The SMILES string of the molecule is CCN(CC)Cc1ccccc1CNCCC(C)(C)C. The molecule has 20 heavy (non-hydrogen) atoms. The van der Waals surface area contributed by atoms with E-state index in [-0.39, 0.29) is 0 Å². The second-order valence-electron chi connectivity index (χ2n) is 6.72. The van der Waals surface area contributed by atoms with Crippen molar-refractivity contribution in [3.8, 4) is 0 Å². The molecule has 0 heterocycles. The highest BCUT2D eigenvalue weighted by Crippen LogP contribution is 2.17. The van der Waals surface area contributed by atoms with Crippen LogP contribution in [0.4, 0.5) is 0 Å². The molecule has 1 rings (SSSR count). The minimum absolute atomic E-state index is 0.410. The average molecular weight is 276 g/mol. The van der Waals surface area contributed by atoms with Gasteiger partial charge in [-0.1, -0.05) is 58.9 Å². The lowest BCUT2D eigenvalue weighted by Gasteiger charge is -2.21. The molecule has 0 amide bonds. The second-order valence-corrected chi connectivity index (χ2v) is 6.72. The fraction of sp³-hybridized carbons (Fsp3) is 0.667. The first-order chi connectivity index (χ1) is 9.46. The molecule has 0 bridgehead atoms. The van der Waals surface area contributed by atoms with Crippen LogP contribution in [-0.4, -0.2) is 24.5 Å². The number of hydrogen-bond acceptors (Lipinski definition) is 2. The molecular weight excluding hydrogens is 244 g/mol. The first-order valence-corrected chi connectivity index (χ1v) is 7.96. The average Bonchev–Trinajstić information content (AvgIpc) is 2.41. The summed E-state index contributed by atoms with van der Waals surface area (Å²) in [7, 11) is 0. The molecule has 0 spiro atoms. The zero-order chi connectivity index (χ0) is 15.0. The molecule has 2 nitrogen and oxygen atoms in total. The van der Waals surface area contributed by atoms with Crippen molar-refractivity contribution in [2.24, 2.45) is 5.41 Å². The van der Waals surface area contributed by atoms with Gasteiger partial charge in [0.2, 0.25) is 0 Å². The van der Waals surface area contributed by atoms with E-state index in [1.54, 1.807) is 0 Å². The van der Waals surface area contributed by atoms with Gasteiger partial charge in [0.15, 0.2) is 0 Å². The largest absolute Gasteiger partial charge is 0.313 e. The Hall–Kier alpha value is -0.860. The van der Waals surface area contributed by atoms with Gasteiger partial charge in [-0.05, 0) is 42.6 Å². The van der Waals surface area contributed by atoms with Gasteiger partial charge in [-0.15, -0.1) is 0 Å². The van der Waals surface area contributed by atoms with E-state index in [9.17, 15) is 0 Å². The van der Waals surface area contributed by atoms with Crippen molar-refractivity contribution in [2.45, 2.75) is 54.1 Å². The molecule has 0 radical (unpaired) electrons. The monoisotopic (exact) mass is 276 g/mol. The van der Waals surface area contributed by atoms with E-state index in [4.69, 9.17) is 0 Å². The van der Waals surface area contributed by atoms with Gasteiger partial charge in [-0.25, -0.2) is 0 Å². The normalized spacial score (nSPS) is 12.1. The van der Waals surface area contributed by atoms with E-state index in [1.807, 2.05) is 0 Å².